The summed E-state index contributed by atoms with van der Waals surface area (Å²) in [5.74, 6) is 6.39. The summed E-state index contributed by atoms with van der Waals surface area (Å²) in [6.45, 7) is 0. The molecule has 1 aromatic rings. The van der Waals surface area contributed by atoms with Crippen LogP contribution in [0.3, 0.4) is 0 Å². The third-order valence-corrected chi connectivity index (χ3v) is 1.52. The third-order valence-electron chi connectivity index (χ3n) is 0.777. The van der Waals surface area contributed by atoms with Crippen LogP contribution in [0.15, 0.2) is 18.7 Å². The van der Waals surface area contributed by atoms with Crippen LogP contribution < -0.4 is 0 Å². The lowest BCUT2D eigenvalue weighted by molar-refractivity contribution is 1.31. The highest BCUT2D eigenvalue weighted by Gasteiger charge is 1.74. The van der Waals surface area contributed by atoms with Crippen LogP contribution in [0.4, 0.5) is 0 Å². The molecule has 0 aliphatic heterocycles. The first-order valence-electron chi connectivity index (χ1n) is 3.29. The minimum absolute atomic E-state index is 0.726. The molecule has 0 bridgehead atoms. The number of nitrogens with zero attached hydrogens (tertiary/aromatic N) is 1. The molecular weight excluding hydrogens is 168 g/mol. The fourth-order valence-corrected chi connectivity index (χ4v) is 0.722. The van der Waals surface area contributed by atoms with Crippen molar-refractivity contribution in [3.8, 4) is 24.7 Å². The van der Waals surface area contributed by atoms with Crippen molar-refractivity contribution in [2.24, 2.45) is 0 Å². The number of H-pyrrole nitrogens is 1. The highest BCUT2D eigenvalue weighted by atomic mass is 32.2. The van der Waals surface area contributed by atoms with Crippen molar-refractivity contribution in [1.29, 1.82) is 0 Å². The predicted molar refractivity (Wildman–Crippen MR) is 53.6 cm³/mol. The molecule has 0 spiro atoms. The van der Waals surface area contributed by atoms with Crippen LogP contribution in [0.25, 0.3) is 0 Å². The molecule has 0 aromatic carbocycles. The summed E-state index contributed by atoms with van der Waals surface area (Å²) in [5, 5.41) is 0. The monoisotopic (exact) mass is 178 g/mol. The van der Waals surface area contributed by atoms with Gasteiger partial charge in [0.2, 0.25) is 0 Å². The van der Waals surface area contributed by atoms with Gasteiger partial charge in [-0.25, -0.2) is 4.98 Å². The second-order valence-electron chi connectivity index (χ2n) is 1.66. The first-order chi connectivity index (χ1) is 5.91. The normalized spacial score (nSPS) is 7.17. The minimum Gasteiger partial charge on any atom is -0.351 e. The van der Waals surface area contributed by atoms with Gasteiger partial charge in [0.05, 0.1) is 17.8 Å². The standard InChI is InChI=1S/C6H6S.C3H4N2/c1-3-5-7-6-4-2;1-2-5-3-4-1/h1-2H,5-6H2;1-3H,(H,4,5). The molecule has 1 N–H and O–H groups in total. The molecule has 12 heavy (non-hydrogen) atoms. The molecule has 0 amide bonds. The molecule has 0 unspecified atom stereocenters. The summed E-state index contributed by atoms with van der Waals surface area (Å²) in [6, 6.07) is 0. The average Bonchev–Trinajstić information content (AvgIpc) is 2.62. The van der Waals surface area contributed by atoms with Crippen LogP contribution >= 0.6 is 11.8 Å². The Morgan fingerprint density at radius 3 is 2.25 bits per heavy atom. The van der Waals surface area contributed by atoms with E-state index in [1.54, 1.807) is 30.5 Å². The molecule has 1 rings (SSSR count). The molecule has 1 aromatic heterocycles. The number of hydrogen-bond donors (Lipinski definition) is 1. The first-order valence-corrected chi connectivity index (χ1v) is 4.44. The van der Waals surface area contributed by atoms with Crippen molar-refractivity contribution in [1.82, 2.24) is 9.97 Å². The van der Waals surface area contributed by atoms with E-state index in [0.29, 0.717) is 0 Å². The van der Waals surface area contributed by atoms with Crippen LogP contribution in [0.2, 0.25) is 0 Å². The van der Waals surface area contributed by atoms with E-state index in [0.717, 1.165) is 11.5 Å². The van der Waals surface area contributed by atoms with E-state index in [9.17, 15) is 0 Å². The van der Waals surface area contributed by atoms with Gasteiger partial charge >= 0.3 is 0 Å². The van der Waals surface area contributed by atoms with E-state index >= 15 is 0 Å². The molecule has 3 heteroatoms. The first kappa shape index (κ1) is 10.7. The van der Waals surface area contributed by atoms with Gasteiger partial charge in [-0.05, 0) is 0 Å². The molecule has 2 nitrogen and oxygen atoms in total. The summed E-state index contributed by atoms with van der Waals surface area (Å²) in [5.41, 5.74) is 0. The summed E-state index contributed by atoms with van der Waals surface area (Å²) in [7, 11) is 0. The Morgan fingerprint density at radius 2 is 2.00 bits per heavy atom. The van der Waals surface area contributed by atoms with Crippen molar-refractivity contribution < 1.29 is 0 Å². The van der Waals surface area contributed by atoms with E-state index in [1.807, 2.05) is 0 Å². The maximum Gasteiger partial charge on any atom is 0.0919 e. The van der Waals surface area contributed by atoms with E-state index in [4.69, 9.17) is 12.8 Å². The van der Waals surface area contributed by atoms with Crippen molar-refractivity contribution in [3.63, 3.8) is 0 Å². The maximum absolute atomic E-state index is 4.93. The molecule has 62 valence electrons. The van der Waals surface area contributed by atoms with Gasteiger partial charge in [0.25, 0.3) is 0 Å². The molecule has 0 saturated carbocycles. The summed E-state index contributed by atoms with van der Waals surface area (Å²) < 4.78 is 0. The Kier molecular flexibility index (Phi) is 8.62. The minimum atomic E-state index is 0.726. The Balaban J connectivity index is 0.000000211. The second kappa shape index (κ2) is 9.68. The molecule has 1 heterocycles. The molecular formula is C9H10N2S. The smallest absolute Gasteiger partial charge is 0.0919 e. The largest absolute Gasteiger partial charge is 0.351 e. The Labute approximate surface area is 77.2 Å². The quantitative estimate of drug-likeness (QED) is 0.547. The zero-order valence-corrected chi connectivity index (χ0v) is 7.47. The van der Waals surface area contributed by atoms with Crippen molar-refractivity contribution in [2.45, 2.75) is 0 Å². The molecule has 0 aliphatic carbocycles. The van der Waals surface area contributed by atoms with E-state index in [1.165, 1.54) is 0 Å². The van der Waals surface area contributed by atoms with E-state index in [2.05, 4.69) is 21.8 Å². The van der Waals surface area contributed by atoms with E-state index in [-0.39, 0.29) is 0 Å². The van der Waals surface area contributed by atoms with Crippen LogP contribution in [0.5, 0.6) is 0 Å². The fourth-order valence-electron chi connectivity index (χ4n) is 0.384. The van der Waals surface area contributed by atoms with Gasteiger partial charge in [-0.3, -0.25) is 0 Å². The van der Waals surface area contributed by atoms with Crippen LogP contribution in [0, 0.1) is 24.7 Å². The Bertz CT molecular complexity index is 209. The van der Waals surface area contributed by atoms with Crippen LogP contribution in [0.1, 0.15) is 0 Å². The van der Waals surface area contributed by atoms with Crippen LogP contribution in [-0.2, 0) is 0 Å². The number of rotatable bonds is 2. The fraction of sp³-hybridized carbons (Fsp3) is 0.222. The number of terminal acetylenes is 2. The zero-order chi connectivity index (χ0) is 9.07. The second-order valence-corrected chi connectivity index (χ2v) is 2.65. The van der Waals surface area contributed by atoms with Gasteiger partial charge in [0.1, 0.15) is 0 Å². The number of aromatic nitrogens is 2. The number of hydrogen-bond acceptors (Lipinski definition) is 2. The lowest BCUT2D eigenvalue weighted by Gasteiger charge is -1.80. The summed E-state index contributed by atoms with van der Waals surface area (Å²) in [4.78, 5) is 6.42. The van der Waals surface area contributed by atoms with E-state index < -0.39 is 0 Å². The zero-order valence-electron chi connectivity index (χ0n) is 6.66. The summed E-state index contributed by atoms with van der Waals surface area (Å²) >= 11 is 1.58. The highest BCUT2D eigenvalue weighted by Crippen LogP contribution is 1.93. The lowest BCUT2D eigenvalue weighted by atomic mass is 10.8. The molecule has 0 radical (unpaired) electrons. The average molecular weight is 178 g/mol. The molecule has 0 saturated heterocycles. The number of aromatic amines is 1. The molecule has 0 fully saturated rings. The van der Waals surface area contributed by atoms with Gasteiger partial charge in [-0.2, -0.15) is 0 Å². The van der Waals surface area contributed by atoms with Gasteiger partial charge in [-0.1, -0.05) is 11.8 Å². The number of thioether (sulfide) groups is 1. The Morgan fingerprint density at radius 1 is 1.33 bits per heavy atom. The van der Waals surface area contributed by atoms with Crippen LogP contribution in [-0.4, -0.2) is 21.5 Å². The molecule has 0 atom stereocenters. The Hall–Kier alpha value is -1.32. The van der Waals surface area contributed by atoms with Crippen molar-refractivity contribution in [3.05, 3.63) is 18.7 Å². The predicted octanol–water partition coefficient (Wildman–Crippen LogP) is 1.40. The number of imidazole rings is 1. The topological polar surface area (TPSA) is 28.7 Å². The van der Waals surface area contributed by atoms with Gasteiger partial charge in [0, 0.05) is 12.4 Å². The van der Waals surface area contributed by atoms with Gasteiger partial charge in [-0.15, -0.1) is 24.6 Å². The summed E-state index contributed by atoms with van der Waals surface area (Å²) in [6.07, 6.45) is 14.9. The third kappa shape index (κ3) is 8.68. The lowest BCUT2D eigenvalue weighted by Crippen LogP contribution is -1.71. The van der Waals surface area contributed by atoms with Crippen molar-refractivity contribution >= 4 is 11.8 Å². The van der Waals surface area contributed by atoms with Crippen molar-refractivity contribution in [2.75, 3.05) is 11.5 Å². The SMILES string of the molecule is C#CCSCC#C.c1c[nH]cn1. The highest BCUT2D eigenvalue weighted by molar-refractivity contribution is 7.99. The van der Waals surface area contributed by atoms with Gasteiger partial charge in [0.15, 0.2) is 0 Å². The van der Waals surface area contributed by atoms with Gasteiger partial charge < -0.3 is 4.98 Å². The molecule has 0 aliphatic rings. The number of nitrogens with one attached hydrogen (secondary N) is 1. The maximum atomic E-state index is 4.93.